The van der Waals surface area contributed by atoms with Gasteiger partial charge in [0.05, 0.1) is 12.3 Å². The molecule has 0 saturated heterocycles. The number of ketones is 1. The SMILES string of the molecule is CCOC(=O)N/N=C1/C=C2CC[C@H]3[C@@H](CC[C@@]4(C)[C@H]3C[C@@H]3CCCC[C@]34C(C)=O)[C@@]2(C)CC1. The highest BCUT2D eigenvalue weighted by Gasteiger charge is 2.69. The predicted molar refractivity (Wildman–Crippen MR) is 130 cm³/mol. The van der Waals surface area contributed by atoms with Gasteiger partial charge in [-0.05, 0) is 112 Å². The fourth-order valence-electron chi connectivity index (χ4n) is 9.74. The van der Waals surface area contributed by atoms with Gasteiger partial charge in [-0.2, -0.15) is 5.10 Å². The van der Waals surface area contributed by atoms with Crippen LogP contribution in [0.1, 0.15) is 98.3 Å². The van der Waals surface area contributed by atoms with Gasteiger partial charge in [-0.3, -0.25) is 4.79 Å². The van der Waals surface area contributed by atoms with Gasteiger partial charge in [0.2, 0.25) is 0 Å². The van der Waals surface area contributed by atoms with E-state index in [4.69, 9.17) is 4.74 Å². The molecule has 4 saturated carbocycles. The molecular formula is C28H42N2O3. The third-order valence-electron chi connectivity index (χ3n) is 11.2. The molecule has 5 aliphatic rings. The van der Waals surface area contributed by atoms with Crippen molar-refractivity contribution in [3.63, 3.8) is 0 Å². The smallest absolute Gasteiger partial charge is 0.427 e. The average Bonchev–Trinajstić information content (AvgIpc) is 3.08. The van der Waals surface area contributed by atoms with Crippen LogP contribution in [0.3, 0.4) is 0 Å². The Morgan fingerprint density at radius 2 is 1.91 bits per heavy atom. The van der Waals surface area contributed by atoms with E-state index in [1.807, 2.05) is 6.92 Å². The van der Waals surface area contributed by atoms with Crippen LogP contribution in [0, 0.1) is 39.9 Å². The summed E-state index contributed by atoms with van der Waals surface area (Å²) < 4.78 is 4.94. The van der Waals surface area contributed by atoms with E-state index < -0.39 is 6.09 Å². The van der Waals surface area contributed by atoms with E-state index in [9.17, 15) is 9.59 Å². The molecule has 1 amide bonds. The summed E-state index contributed by atoms with van der Waals surface area (Å²) in [6, 6.07) is 0. The van der Waals surface area contributed by atoms with Crippen LogP contribution in [0.5, 0.6) is 0 Å². The number of nitrogens with zero attached hydrogens (tertiary/aromatic N) is 1. The normalized spacial score (nSPS) is 45.2. The number of allylic oxidation sites excluding steroid dienone is 2. The van der Waals surface area contributed by atoms with Crippen molar-refractivity contribution in [3.05, 3.63) is 11.6 Å². The minimum atomic E-state index is -0.478. The van der Waals surface area contributed by atoms with Crippen LogP contribution < -0.4 is 5.43 Å². The number of fused-ring (bicyclic) bond motifs is 7. The molecule has 33 heavy (non-hydrogen) atoms. The fourth-order valence-corrected chi connectivity index (χ4v) is 9.74. The molecule has 0 aromatic heterocycles. The summed E-state index contributed by atoms with van der Waals surface area (Å²) in [4.78, 5) is 24.9. The topological polar surface area (TPSA) is 67.8 Å². The van der Waals surface area contributed by atoms with E-state index in [2.05, 4.69) is 30.5 Å². The summed E-state index contributed by atoms with van der Waals surface area (Å²) in [5.41, 5.74) is 5.41. The molecule has 0 heterocycles. The molecule has 5 nitrogen and oxygen atoms in total. The van der Waals surface area contributed by atoms with Crippen molar-refractivity contribution in [1.82, 2.24) is 5.43 Å². The first-order valence-electron chi connectivity index (χ1n) is 13.5. The lowest BCUT2D eigenvalue weighted by Gasteiger charge is -2.60. The van der Waals surface area contributed by atoms with Gasteiger partial charge in [-0.15, -0.1) is 0 Å². The number of rotatable bonds is 3. The van der Waals surface area contributed by atoms with E-state index in [1.165, 1.54) is 50.5 Å². The maximum absolute atomic E-state index is 13.2. The Bertz CT molecular complexity index is 894. The molecule has 0 aliphatic heterocycles. The third kappa shape index (κ3) is 3.27. The summed E-state index contributed by atoms with van der Waals surface area (Å²) in [6.07, 6.45) is 14.8. The molecule has 4 fully saturated rings. The van der Waals surface area contributed by atoms with E-state index >= 15 is 0 Å². The van der Waals surface area contributed by atoms with Gasteiger partial charge in [0, 0.05) is 5.41 Å². The Labute approximate surface area is 199 Å². The monoisotopic (exact) mass is 454 g/mol. The number of amides is 1. The van der Waals surface area contributed by atoms with E-state index in [0.29, 0.717) is 30.1 Å². The molecule has 0 aromatic rings. The summed E-state index contributed by atoms with van der Waals surface area (Å²) in [7, 11) is 0. The third-order valence-corrected chi connectivity index (χ3v) is 11.2. The van der Waals surface area contributed by atoms with Crippen LogP contribution in [0.25, 0.3) is 0 Å². The van der Waals surface area contributed by atoms with Crippen molar-refractivity contribution in [2.75, 3.05) is 6.61 Å². The first-order chi connectivity index (χ1) is 15.8. The molecule has 0 spiro atoms. The van der Waals surface area contributed by atoms with E-state index in [0.717, 1.165) is 37.3 Å². The van der Waals surface area contributed by atoms with Crippen molar-refractivity contribution in [2.45, 2.75) is 98.3 Å². The molecule has 5 rings (SSSR count). The Morgan fingerprint density at radius 1 is 1.09 bits per heavy atom. The summed E-state index contributed by atoms with van der Waals surface area (Å²) in [5, 5.41) is 4.35. The lowest BCUT2D eigenvalue weighted by atomic mass is 9.44. The van der Waals surface area contributed by atoms with E-state index in [1.54, 1.807) is 6.92 Å². The number of nitrogens with one attached hydrogen (secondary N) is 1. The average molecular weight is 455 g/mol. The fraction of sp³-hybridized carbons (Fsp3) is 0.821. The standard InChI is InChI=1S/C28H42N2O3/c1-5-33-25(32)30-29-21-11-14-26(3)19(16-21)9-10-22-23(26)12-15-27(4)24(22)17-20-8-6-7-13-28(20,27)18(2)31/h16,20,22-24H,5-15,17H2,1-4H3,(H,30,32)/b29-21+/t20-,22-,23+,24-,26-,27-,28-/m0/s1. The zero-order chi connectivity index (χ0) is 23.4. The highest BCUT2D eigenvalue weighted by atomic mass is 16.5. The van der Waals surface area contributed by atoms with Crippen LogP contribution in [0.15, 0.2) is 16.8 Å². The number of hydrogen-bond acceptors (Lipinski definition) is 4. The molecule has 0 bridgehead atoms. The van der Waals surface area contributed by atoms with Crippen molar-refractivity contribution >= 4 is 17.6 Å². The Morgan fingerprint density at radius 3 is 2.67 bits per heavy atom. The first-order valence-corrected chi connectivity index (χ1v) is 13.5. The van der Waals surface area contributed by atoms with Crippen LogP contribution in [-0.2, 0) is 9.53 Å². The number of hydrazone groups is 1. The number of carbonyl (C=O) groups is 2. The minimum absolute atomic E-state index is 0.0525. The number of Topliss-reactive ketones (excluding diaryl/α,β-unsaturated/α-hetero) is 1. The van der Waals surface area contributed by atoms with Crippen molar-refractivity contribution in [3.8, 4) is 0 Å². The quantitative estimate of drug-likeness (QED) is 0.500. The van der Waals surface area contributed by atoms with Crippen LogP contribution in [0.2, 0.25) is 0 Å². The van der Waals surface area contributed by atoms with Gasteiger partial charge >= 0.3 is 6.09 Å². The highest BCUT2D eigenvalue weighted by Crippen LogP contribution is 2.74. The second-order valence-electron chi connectivity index (χ2n) is 12.1. The first kappa shape index (κ1) is 23.1. The molecular weight excluding hydrogens is 412 g/mol. The number of ether oxygens (including phenoxy) is 1. The Hall–Kier alpha value is -1.65. The number of hydrogen-bond donors (Lipinski definition) is 1. The van der Waals surface area contributed by atoms with Crippen molar-refractivity contribution < 1.29 is 14.3 Å². The molecule has 0 unspecified atom stereocenters. The Kier molecular flexibility index (Phi) is 5.77. The van der Waals surface area contributed by atoms with Gasteiger partial charge in [0.15, 0.2) is 0 Å². The van der Waals surface area contributed by atoms with Crippen LogP contribution >= 0.6 is 0 Å². The molecule has 5 heteroatoms. The maximum Gasteiger partial charge on any atom is 0.427 e. The van der Waals surface area contributed by atoms with Gasteiger partial charge in [0.1, 0.15) is 5.78 Å². The molecule has 182 valence electrons. The molecule has 5 aliphatic carbocycles. The second-order valence-corrected chi connectivity index (χ2v) is 12.1. The largest absolute Gasteiger partial charge is 0.449 e. The lowest BCUT2D eigenvalue weighted by Crippen LogP contribution is -2.55. The maximum atomic E-state index is 13.2. The molecule has 0 radical (unpaired) electrons. The molecule has 0 aromatic carbocycles. The second kappa shape index (κ2) is 8.23. The van der Waals surface area contributed by atoms with Crippen LogP contribution in [-0.4, -0.2) is 24.2 Å². The summed E-state index contributed by atoms with van der Waals surface area (Å²) in [6.45, 7) is 9.07. The van der Waals surface area contributed by atoms with E-state index in [-0.39, 0.29) is 16.2 Å². The zero-order valence-electron chi connectivity index (χ0n) is 21.0. The zero-order valence-corrected chi connectivity index (χ0v) is 21.0. The highest BCUT2D eigenvalue weighted by molar-refractivity contribution is 5.97. The minimum Gasteiger partial charge on any atom is -0.449 e. The van der Waals surface area contributed by atoms with Gasteiger partial charge in [-0.1, -0.05) is 32.3 Å². The predicted octanol–water partition coefficient (Wildman–Crippen LogP) is 6.43. The number of carbonyl (C=O) groups excluding carboxylic acids is 2. The lowest BCUT2D eigenvalue weighted by molar-refractivity contribution is -0.147. The Balaban J connectivity index is 1.40. The van der Waals surface area contributed by atoms with Crippen LogP contribution in [0.4, 0.5) is 4.79 Å². The molecule has 7 atom stereocenters. The summed E-state index contributed by atoms with van der Waals surface area (Å²) >= 11 is 0. The van der Waals surface area contributed by atoms with Crippen molar-refractivity contribution in [2.24, 2.45) is 45.0 Å². The van der Waals surface area contributed by atoms with Gasteiger partial charge in [-0.25, -0.2) is 10.2 Å². The summed E-state index contributed by atoms with van der Waals surface area (Å²) in [5.74, 6) is 3.25. The molecule has 1 N–H and O–H groups in total. The van der Waals surface area contributed by atoms with Crippen molar-refractivity contribution in [1.29, 1.82) is 0 Å². The van der Waals surface area contributed by atoms with Gasteiger partial charge < -0.3 is 4.74 Å². The van der Waals surface area contributed by atoms with Gasteiger partial charge in [0.25, 0.3) is 0 Å².